The van der Waals surface area contributed by atoms with Gasteiger partial charge in [0, 0.05) is 23.0 Å². The molecule has 0 saturated heterocycles. The minimum atomic E-state index is 0. The third-order valence-corrected chi connectivity index (χ3v) is 2.70. The van der Waals surface area contributed by atoms with Crippen molar-refractivity contribution < 1.29 is 4.79 Å². The van der Waals surface area contributed by atoms with Gasteiger partial charge < -0.3 is 11.1 Å². The number of hydrogen-bond acceptors (Lipinski definition) is 2. The second-order valence-electron chi connectivity index (χ2n) is 3.77. The van der Waals surface area contributed by atoms with E-state index in [1.807, 2.05) is 12.1 Å². The van der Waals surface area contributed by atoms with E-state index >= 15 is 0 Å². The number of carbonyl (C=O) groups excluding carboxylic acids is 1. The van der Waals surface area contributed by atoms with E-state index in [4.69, 9.17) is 28.9 Å². The van der Waals surface area contributed by atoms with Gasteiger partial charge in [0.15, 0.2) is 0 Å². The maximum Gasteiger partial charge on any atom is 0.220 e. The van der Waals surface area contributed by atoms with Gasteiger partial charge in [-0.1, -0.05) is 23.2 Å². The van der Waals surface area contributed by atoms with Gasteiger partial charge in [0.1, 0.15) is 0 Å². The zero-order valence-electron chi connectivity index (χ0n) is 9.92. The summed E-state index contributed by atoms with van der Waals surface area (Å²) < 4.78 is 0. The second-order valence-corrected chi connectivity index (χ2v) is 4.64. The molecule has 0 aliphatic heterocycles. The summed E-state index contributed by atoms with van der Waals surface area (Å²) in [5.41, 5.74) is 6.34. The first-order valence-corrected chi connectivity index (χ1v) is 6.29. The van der Waals surface area contributed by atoms with Crippen molar-refractivity contribution in [1.29, 1.82) is 0 Å². The second kappa shape index (κ2) is 9.45. The largest absolute Gasteiger partial charge is 0.356 e. The molecular weight excluding hydrogens is 295 g/mol. The summed E-state index contributed by atoms with van der Waals surface area (Å²) in [6.07, 6.45) is 1.91. The maximum atomic E-state index is 11.3. The molecule has 1 amide bonds. The Balaban J connectivity index is 0.00000289. The van der Waals surface area contributed by atoms with Crippen molar-refractivity contribution in [3.8, 4) is 0 Å². The van der Waals surface area contributed by atoms with Crippen LogP contribution in [0.25, 0.3) is 0 Å². The van der Waals surface area contributed by atoms with E-state index in [0.29, 0.717) is 36.0 Å². The molecule has 0 aliphatic carbocycles. The molecule has 1 aromatic carbocycles. The Morgan fingerprint density at radius 2 is 1.83 bits per heavy atom. The lowest BCUT2D eigenvalue weighted by Crippen LogP contribution is -2.25. The molecule has 1 rings (SSSR count). The van der Waals surface area contributed by atoms with Gasteiger partial charge in [-0.15, -0.1) is 12.4 Å². The van der Waals surface area contributed by atoms with Crippen LogP contribution in [0, 0.1) is 0 Å². The van der Waals surface area contributed by atoms with E-state index in [1.54, 1.807) is 6.07 Å². The smallest absolute Gasteiger partial charge is 0.220 e. The molecule has 102 valence electrons. The Morgan fingerprint density at radius 1 is 1.22 bits per heavy atom. The Bertz CT molecular complexity index is 365. The molecule has 1 aromatic rings. The van der Waals surface area contributed by atoms with Crippen LogP contribution >= 0.6 is 35.6 Å². The van der Waals surface area contributed by atoms with Gasteiger partial charge in [0.25, 0.3) is 0 Å². The van der Waals surface area contributed by atoms with Crippen molar-refractivity contribution in [2.45, 2.75) is 19.3 Å². The zero-order valence-corrected chi connectivity index (χ0v) is 12.2. The Hall–Kier alpha value is -0.480. The highest BCUT2D eigenvalue weighted by atomic mass is 35.5. The number of carbonyl (C=O) groups is 1. The van der Waals surface area contributed by atoms with Crippen molar-refractivity contribution in [3.05, 3.63) is 33.8 Å². The van der Waals surface area contributed by atoms with Crippen LogP contribution in [0.1, 0.15) is 18.4 Å². The summed E-state index contributed by atoms with van der Waals surface area (Å²) in [6, 6.07) is 5.38. The Morgan fingerprint density at radius 3 is 2.39 bits per heavy atom. The lowest BCUT2D eigenvalue weighted by Gasteiger charge is -2.05. The van der Waals surface area contributed by atoms with Gasteiger partial charge in [-0.2, -0.15) is 0 Å². The van der Waals surface area contributed by atoms with E-state index in [0.717, 1.165) is 12.0 Å². The molecule has 0 radical (unpaired) electrons. The normalized spacial score (nSPS) is 9.72. The summed E-state index contributed by atoms with van der Waals surface area (Å²) in [5.74, 6) is 0.0311. The third-order valence-electron chi connectivity index (χ3n) is 2.27. The average molecular weight is 312 g/mol. The summed E-state index contributed by atoms with van der Waals surface area (Å²) in [6.45, 7) is 1.12. The molecule has 18 heavy (non-hydrogen) atoms. The van der Waals surface area contributed by atoms with Crippen LogP contribution in [0.15, 0.2) is 18.2 Å². The molecule has 3 nitrogen and oxygen atoms in total. The molecule has 0 fully saturated rings. The molecular formula is C12H17Cl3N2O. The van der Waals surface area contributed by atoms with Crippen molar-refractivity contribution in [2.75, 3.05) is 13.1 Å². The molecule has 0 heterocycles. The van der Waals surface area contributed by atoms with Crippen molar-refractivity contribution in [3.63, 3.8) is 0 Å². The number of nitrogens with one attached hydrogen (secondary N) is 1. The van der Waals surface area contributed by atoms with Crippen LogP contribution in [-0.2, 0) is 11.2 Å². The van der Waals surface area contributed by atoms with E-state index in [1.165, 1.54) is 0 Å². The highest BCUT2D eigenvalue weighted by Crippen LogP contribution is 2.19. The highest BCUT2D eigenvalue weighted by Gasteiger charge is 2.01. The summed E-state index contributed by atoms with van der Waals surface area (Å²) in [5, 5.41) is 4.05. The molecule has 6 heteroatoms. The predicted molar refractivity (Wildman–Crippen MR) is 78.7 cm³/mol. The van der Waals surface area contributed by atoms with Crippen LogP contribution in [0.4, 0.5) is 0 Å². The standard InChI is InChI=1S/C12H16Cl2N2O.ClH/c13-10-6-9(7-11(14)8-10)3-5-16-12(17)2-1-4-15;/h6-8H,1-5,15H2,(H,16,17);1H. The topological polar surface area (TPSA) is 55.1 Å². The minimum Gasteiger partial charge on any atom is -0.356 e. The maximum absolute atomic E-state index is 11.3. The Kier molecular flexibility index (Phi) is 9.20. The summed E-state index contributed by atoms with van der Waals surface area (Å²) in [7, 11) is 0. The number of halogens is 3. The number of hydrogen-bond donors (Lipinski definition) is 2. The predicted octanol–water partition coefficient (Wildman–Crippen LogP) is 2.81. The van der Waals surface area contributed by atoms with Gasteiger partial charge in [-0.05, 0) is 43.1 Å². The molecule has 0 aromatic heterocycles. The number of nitrogens with two attached hydrogens (primary N) is 1. The van der Waals surface area contributed by atoms with E-state index in [9.17, 15) is 4.79 Å². The van der Waals surface area contributed by atoms with Gasteiger partial charge in [0.05, 0.1) is 0 Å². The SMILES string of the molecule is Cl.NCCCC(=O)NCCc1cc(Cl)cc(Cl)c1. The fraction of sp³-hybridized carbons (Fsp3) is 0.417. The number of amides is 1. The van der Waals surface area contributed by atoms with Crippen molar-refractivity contribution in [2.24, 2.45) is 5.73 Å². The first kappa shape index (κ1) is 17.5. The lowest BCUT2D eigenvalue weighted by atomic mass is 10.1. The fourth-order valence-corrected chi connectivity index (χ4v) is 2.02. The molecule has 0 atom stereocenters. The van der Waals surface area contributed by atoms with E-state index in [2.05, 4.69) is 5.32 Å². The molecule has 0 saturated carbocycles. The van der Waals surface area contributed by atoms with E-state index < -0.39 is 0 Å². The van der Waals surface area contributed by atoms with Gasteiger partial charge in [0.2, 0.25) is 5.91 Å². The molecule has 0 spiro atoms. The fourth-order valence-electron chi connectivity index (χ4n) is 1.45. The first-order valence-electron chi connectivity index (χ1n) is 5.53. The van der Waals surface area contributed by atoms with Crippen molar-refractivity contribution in [1.82, 2.24) is 5.32 Å². The molecule has 0 bridgehead atoms. The first-order chi connectivity index (χ1) is 8.11. The summed E-state index contributed by atoms with van der Waals surface area (Å²) in [4.78, 5) is 11.3. The van der Waals surface area contributed by atoms with Gasteiger partial charge >= 0.3 is 0 Å². The summed E-state index contributed by atoms with van der Waals surface area (Å²) >= 11 is 11.7. The monoisotopic (exact) mass is 310 g/mol. The third kappa shape index (κ3) is 7.07. The molecule has 3 N–H and O–H groups in total. The molecule has 0 unspecified atom stereocenters. The number of rotatable bonds is 6. The molecule has 0 aliphatic rings. The van der Waals surface area contributed by atoms with Gasteiger partial charge in [-0.3, -0.25) is 4.79 Å². The zero-order chi connectivity index (χ0) is 12.7. The lowest BCUT2D eigenvalue weighted by molar-refractivity contribution is -0.121. The van der Waals surface area contributed by atoms with E-state index in [-0.39, 0.29) is 18.3 Å². The van der Waals surface area contributed by atoms with Crippen LogP contribution in [0.5, 0.6) is 0 Å². The van der Waals surface area contributed by atoms with Crippen LogP contribution in [0.2, 0.25) is 10.0 Å². The van der Waals surface area contributed by atoms with Crippen LogP contribution < -0.4 is 11.1 Å². The minimum absolute atomic E-state index is 0. The quantitative estimate of drug-likeness (QED) is 0.849. The van der Waals surface area contributed by atoms with Crippen LogP contribution in [-0.4, -0.2) is 19.0 Å². The van der Waals surface area contributed by atoms with Crippen molar-refractivity contribution >= 4 is 41.5 Å². The Labute approximate surface area is 123 Å². The van der Waals surface area contributed by atoms with Gasteiger partial charge in [-0.25, -0.2) is 0 Å². The highest BCUT2D eigenvalue weighted by molar-refractivity contribution is 6.34. The number of benzene rings is 1. The van der Waals surface area contributed by atoms with Crippen LogP contribution in [0.3, 0.4) is 0 Å². The average Bonchev–Trinajstić information content (AvgIpc) is 2.25.